The summed E-state index contributed by atoms with van der Waals surface area (Å²) in [5, 5.41) is 12.5. The van der Waals surface area contributed by atoms with Gasteiger partial charge in [-0.3, -0.25) is 9.69 Å². The molecule has 40 heavy (non-hydrogen) atoms. The third-order valence-corrected chi connectivity index (χ3v) is 8.28. The summed E-state index contributed by atoms with van der Waals surface area (Å²) in [7, 11) is 0. The molecule has 11 heteroatoms. The molecule has 2 aliphatic rings. The molecule has 2 aliphatic heterocycles. The number of ether oxygens (including phenoxy) is 1. The first-order chi connectivity index (χ1) is 19.3. The molecular formula is C29H30F3N5O2S. The molecule has 0 unspecified atom stereocenters. The summed E-state index contributed by atoms with van der Waals surface area (Å²) in [6.45, 7) is 3.92. The Bertz CT molecular complexity index is 1320. The van der Waals surface area contributed by atoms with E-state index in [2.05, 4.69) is 26.2 Å². The molecule has 0 spiro atoms. The minimum absolute atomic E-state index is 0.0619. The normalized spacial score (nSPS) is 17.4. The lowest BCUT2D eigenvalue weighted by atomic mass is 10.0. The van der Waals surface area contributed by atoms with E-state index in [-0.39, 0.29) is 18.1 Å². The fourth-order valence-electron chi connectivity index (χ4n) is 5.09. The van der Waals surface area contributed by atoms with Crippen molar-refractivity contribution in [2.75, 3.05) is 31.1 Å². The van der Waals surface area contributed by atoms with Gasteiger partial charge in [0, 0.05) is 57.3 Å². The number of aromatic nitrogens is 1. The van der Waals surface area contributed by atoms with E-state index < -0.39 is 11.7 Å². The lowest BCUT2D eigenvalue weighted by Crippen LogP contribution is -2.44. The highest BCUT2D eigenvalue weighted by Crippen LogP contribution is 2.32. The van der Waals surface area contributed by atoms with Crippen LogP contribution < -0.4 is 15.0 Å². The molecule has 2 saturated heterocycles. The maximum atomic E-state index is 12.8. The van der Waals surface area contributed by atoms with Gasteiger partial charge in [-0.1, -0.05) is 23.5 Å². The SMILES string of the molecule is N#Cc1ccc(CN2CCC(NC(=O)c3cnc(OC4CCN(c5ccc(C(F)(F)F)cc5)CC4)s3)CC2)cc1. The largest absolute Gasteiger partial charge is 0.467 e. The van der Waals surface area contributed by atoms with Crippen LogP contribution in [-0.2, 0) is 12.7 Å². The van der Waals surface area contributed by atoms with E-state index in [9.17, 15) is 18.0 Å². The second-order valence-corrected chi connectivity index (χ2v) is 11.2. The summed E-state index contributed by atoms with van der Waals surface area (Å²) < 4.78 is 44.5. The van der Waals surface area contributed by atoms with Gasteiger partial charge in [-0.05, 0) is 54.8 Å². The second-order valence-electron chi connectivity index (χ2n) is 10.2. The van der Waals surface area contributed by atoms with Gasteiger partial charge in [0.1, 0.15) is 11.0 Å². The van der Waals surface area contributed by atoms with E-state index in [4.69, 9.17) is 10.00 Å². The van der Waals surface area contributed by atoms with E-state index in [1.807, 2.05) is 24.3 Å². The van der Waals surface area contributed by atoms with Crippen molar-refractivity contribution in [1.82, 2.24) is 15.2 Å². The number of thiazole rings is 1. The zero-order valence-electron chi connectivity index (χ0n) is 21.9. The summed E-state index contributed by atoms with van der Waals surface area (Å²) in [5.74, 6) is -0.144. The van der Waals surface area contributed by atoms with Gasteiger partial charge in [-0.2, -0.15) is 18.4 Å². The molecule has 0 atom stereocenters. The third-order valence-electron chi connectivity index (χ3n) is 7.39. The Hall–Kier alpha value is -3.62. The first-order valence-electron chi connectivity index (χ1n) is 13.3. The maximum Gasteiger partial charge on any atom is 0.416 e. The van der Waals surface area contributed by atoms with Gasteiger partial charge in [0.25, 0.3) is 11.1 Å². The Morgan fingerprint density at radius 2 is 1.70 bits per heavy atom. The Labute approximate surface area is 235 Å². The standard InChI is InChI=1S/C29H30F3N5O2S/c30-29(31,32)22-5-7-24(8-6-22)37-15-11-25(12-16-37)39-28-34-18-26(40-28)27(38)35-23-9-13-36(14-10-23)19-21-3-1-20(17-33)2-4-21/h1-8,18,23,25H,9-16,19H2,(H,35,38). The van der Waals surface area contributed by atoms with Crippen LogP contribution in [-0.4, -0.2) is 54.1 Å². The highest BCUT2D eigenvalue weighted by Gasteiger charge is 2.30. The number of amides is 1. The smallest absolute Gasteiger partial charge is 0.416 e. The van der Waals surface area contributed by atoms with Crippen molar-refractivity contribution in [1.29, 1.82) is 5.26 Å². The molecule has 3 heterocycles. The molecule has 5 rings (SSSR count). The van der Waals surface area contributed by atoms with E-state index in [1.54, 1.807) is 6.20 Å². The Balaban J connectivity index is 1.04. The highest BCUT2D eigenvalue weighted by molar-refractivity contribution is 7.15. The topological polar surface area (TPSA) is 81.5 Å². The van der Waals surface area contributed by atoms with Crippen molar-refractivity contribution in [2.45, 2.75) is 50.6 Å². The van der Waals surface area contributed by atoms with Gasteiger partial charge in [0.05, 0.1) is 23.4 Å². The quantitative estimate of drug-likeness (QED) is 0.406. The number of likely N-dealkylation sites (tertiary alicyclic amines) is 1. The van der Waals surface area contributed by atoms with Crippen LogP contribution in [0, 0.1) is 11.3 Å². The molecule has 7 nitrogen and oxygen atoms in total. The molecule has 0 aliphatic carbocycles. The number of anilines is 1. The molecule has 3 aromatic rings. The lowest BCUT2D eigenvalue weighted by Gasteiger charge is -2.33. The van der Waals surface area contributed by atoms with Gasteiger partial charge in [-0.25, -0.2) is 4.98 Å². The fourth-order valence-corrected chi connectivity index (χ4v) is 5.82. The van der Waals surface area contributed by atoms with E-state index in [0.29, 0.717) is 41.6 Å². The number of carbonyl (C=O) groups is 1. The number of rotatable bonds is 7. The minimum Gasteiger partial charge on any atom is -0.467 e. The number of piperidine rings is 2. The molecule has 1 aromatic heterocycles. The predicted octanol–water partition coefficient (Wildman–Crippen LogP) is 5.48. The van der Waals surface area contributed by atoms with Gasteiger partial charge in [0.2, 0.25) is 0 Å². The van der Waals surface area contributed by atoms with E-state index in [1.165, 1.54) is 29.0 Å². The van der Waals surface area contributed by atoms with E-state index >= 15 is 0 Å². The van der Waals surface area contributed by atoms with Crippen LogP contribution in [0.3, 0.4) is 0 Å². The van der Waals surface area contributed by atoms with Crippen LogP contribution in [0.5, 0.6) is 5.19 Å². The van der Waals surface area contributed by atoms with E-state index in [0.717, 1.165) is 50.3 Å². The number of hydrogen-bond acceptors (Lipinski definition) is 7. The highest BCUT2D eigenvalue weighted by atomic mass is 32.1. The molecule has 2 fully saturated rings. The van der Waals surface area contributed by atoms with Crippen LogP contribution in [0.4, 0.5) is 18.9 Å². The van der Waals surface area contributed by atoms with Gasteiger partial charge in [-0.15, -0.1) is 0 Å². The van der Waals surface area contributed by atoms with Crippen molar-refractivity contribution in [2.24, 2.45) is 0 Å². The Morgan fingerprint density at radius 1 is 1.02 bits per heavy atom. The average Bonchev–Trinajstić information content (AvgIpc) is 3.43. The van der Waals surface area contributed by atoms with Gasteiger partial charge >= 0.3 is 6.18 Å². The zero-order chi connectivity index (χ0) is 28.1. The number of nitrogens with zero attached hydrogens (tertiary/aromatic N) is 4. The number of nitriles is 1. The van der Waals surface area contributed by atoms with Crippen molar-refractivity contribution in [3.8, 4) is 11.3 Å². The van der Waals surface area contributed by atoms with Crippen LogP contribution in [0.25, 0.3) is 0 Å². The maximum absolute atomic E-state index is 12.8. The zero-order valence-corrected chi connectivity index (χ0v) is 22.7. The lowest BCUT2D eigenvalue weighted by molar-refractivity contribution is -0.137. The predicted molar refractivity (Wildman–Crippen MR) is 146 cm³/mol. The van der Waals surface area contributed by atoms with Crippen molar-refractivity contribution in [3.63, 3.8) is 0 Å². The monoisotopic (exact) mass is 569 g/mol. The van der Waals surface area contributed by atoms with Crippen molar-refractivity contribution >= 4 is 22.9 Å². The summed E-state index contributed by atoms with van der Waals surface area (Å²) >= 11 is 1.23. The molecule has 1 amide bonds. The number of halogens is 3. The summed E-state index contributed by atoms with van der Waals surface area (Å²) in [6.07, 6.45) is 0.296. The Morgan fingerprint density at radius 3 is 2.33 bits per heavy atom. The molecule has 2 aromatic carbocycles. The minimum atomic E-state index is -4.34. The second kappa shape index (κ2) is 12.3. The third kappa shape index (κ3) is 7.11. The van der Waals surface area contributed by atoms with Gasteiger partial charge < -0.3 is 15.0 Å². The number of alkyl halides is 3. The summed E-state index contributed by atoms with van der Waals surface area (Å²) in [6, 6.07) is 15.1. The van der Waals surface area contributed by atoms with Crippen LogP contribution in [0.1, 0.15) is 52.0 Å². The van der Waals surface area contributed by atoms with Crippen molar-refractivity contribution < 1.29 is 22.7 Å². The first kappa shape index (κ1) is 27.9. The molecule has 0 bridgehead atoms. The first-order valence-corrected chi connectivity index (χ1v) is 14.2. The molecule has 0 radical (unpaired) electrons. The molecular weight excluding hydrogens is 539 g/mol. The average molecular weight is 570 g/mol. The number of nitrogens with one attached hydrogen (secondary N) is 1. The number of carbonyl (C=O) groups excluding carboxylic acids is 1. The molecule has 1 N–H and O–H groups in total. The molecule has 0 saturated carbocycles. The van der Waals surface area contributed by atoms with Crippen LogP contribution in [0.2, 0.25) is 0 Å². The Kier molecular flexibility index (Phi) is 8.57. The summed E-state index contributed by atoms with van der Waals surface area (Å²) in [5.41, 5.74) is 1.94. The number of hydrogen-bond donors (Lipinski definition) is 1. The van der Waals surface area contributed by atoms with Gasteiger partial charge in [0.15, 0.2) is 0 Å². The van der Waals surface area contributed by atoms with Crippen LogP contribution >= 0.6 is 11.3 Å². The fraction of sp³-hybridized carbons (Fsp3) is 0.414. The van der Waals surface area contributed by atoms with Crippen LogP contribution in [0.15, 0.2) is 54.7 Å². The molecule has 210 valence electrons. The van der Waals surface area contributed by atoms with Crippen molar-refractivity contribution in [3.05, 3.63) is 76.3 Å². The summed E-state index contributed by atoms with van der Waals surface area (Å²) in [4.78, 5) is 22.0. The number of benzene rings is 2.